The molecule has 0 saturated carbocycles. The number of amides is 1. The predicted molar refractivity (Wildman–Crippen MR) is 99.1 cm³/mol. The minimum absolute atomic E-state index is 0.203. The fraction of sp³-hybridized carbons (Fsp3) is 0.368. The van der Waals surface area contributed by atoms with Gasteiger partial charge in [-0.2, -0.15) is 0 Å². The van der Waals surface area contributed by atoms with E-state index in [0.717, 1.165) is 22.3 Å². The number of rotatable bonds is 0. The Balaban J connectivity index is 1.79. The Morgan fingerprint density at radius 3 is 2.89 bits per heavy atom. The van der Waals surface area contributed by atoms with Crippen molar-refractivity contribution < 1.29 is 19.4 Å². The largest absolute Gasteiger partial charge is 0.474 e. The number of ether oxygens (including phenoxy) is 1. The summed E-state index contributed by atoms with van der Waals surface area (Å²) >= 11 is 0. The van der Waals surface area contributed by atoms with Gasteiger partial charge in [0.1, 0.15) is 23.9 Å². The Morgan fingerprint density at radius 2 is 2.11 bits per heavy atom. The molecule has 27 heavy (non-hydrogen) atoms. The second-order valence-corrected chi connectivity index (χ2v) is 7.07. The molecular weight excluding hydrogens is 348 g/mol. The van der Waals surface area contributed by atoms with Crippen molar-refractivity contribution in [2.24, 2.45) is 0 Å². The number of carbonyl (C=O) groups is 1. The molecule has 1 N–H and O–H groups in total. The minimum Gasteiger partial charge on any atom is -0.474 e. The molecule has 2 atom stereocenters. The summed E-state index contributed by atoms with van der Waals surface area (Å²) in [4.78, 5) is 33.6. The molecular formula is C19H18N4O4. The molecule has 1 amide bonds. The molecule has 3 aliphatic heterocycles. The molecule has 2 unspecified atom stereocenters. The molecule has 0 aliphatic carbocycles. The second kappa shape index (κ2) is 5.62. The highest BCUT2D eigenvalue weighted by Gasteiger charge is 2.46. The van der Waals surface area contributed by atoms with Crippen LogP contribution in [-0.4, -0.2) is 65.3 Å². The van der Waals surface area contributed by atoms with E-state index in [1.807, 2.05) is 36.1 Å². The van der Waals surface area contributed by atoms with E-state index in [-0.39, 0.29) is 18.6 Å². The number of para-hydroxylation sites is 1. The number of fused-ring (bicyclic) bond motifs is 4. The van der Waals surface area contributed by atoms with E-state index in [9.17, 15) is 14.7 Å². The average molecular weight is 366 g/mol. The fourth-order valence-corrected chi connectivity index (χ4v) is 4.41. The number of carboxylic acid groups (broad SMARTS) is 1. The summed E-state index contributed by atoms with van der Waals surface area (Å²) in [6, 6.07) is 7.25. The maximum absolute atomic E-state index is 11.9. The molecule has 4 heterocycles. The van der Waals surface area contributed by atoms with Crippen molar-refractivity contribution in [1.82, 2.24) is 9.88 Å². The first-order chi connectivity index (χ1) is 13.1. The highest BCUT2D eigenvalue weighted by molar-refractivity contribution is 6.03. The fourth-order valence-electron chi connectivity index (χ4n) is 4.41. The van der Waals surface area contributed by atoms with Gasteiger partial charge in [-0.1, -0.05) is 18.2 Å². The van der Waals surface area contributed by atoms with Gasteiger partial charge in [0.2, 0.25) is 5.88 Å². The third-order valence-corrected chi connectivity index (χ3v) is 5.61. The van der Waals surface area contributed by atoms with Crippen molar-refractivity contribution >= 4 is 34.3 Å². The minimum atomic E-state index is -0.972. The van der Waals surface area contributed by atoms with Gasteiger partial charge in [-0.05, 0) is 13.0 Å². The van der Waals surface area contributed by atoms with Crippen LogP contribution in [0, 0.1) is 0 Å². The van der Waals surface area contributed by atoms with E-state index < -0.39 is 6.09 Å². The Hall–Kier alpha value is -3.25. The van der Waals surface area contributed by atoms with Gasteiger partial charge in [-0.25, -0.2) is 14.6 Å². The van der Waals surface area contributed by atoms with Gasteiger partial charge in [-0.15, -0.1) is 0 Å². The zero-order valence-corrected chi connectivity index (χ0v) is 14.8. The molecule has 0 radical (unpaired) electrons. The van der Waals surface area contributed by atoms with Gasteiger partial charge in [0, 0.05) is 18.0 Å². The van der Waals surface area contributed by atoms with Crippen molar-refractivity contribution in [2.45, 2.75) is 19.0 Å². The number of carbonyl (C=O) groups excluding carboxylic acids is 1. The summed E-state index contributed by atoms with van der Waals surface area (Å²) in [5.74, 6) is 2.59. The lowest BCUT2D eigenvalue weighted by molar-refractivity contribution is 0.115. The topological polar surface area (TPSA) is 86.2 Å². The van der Waals surface area contributed by atoms with Crippen molar-refractivity contribution in [2.75, 3.05) is 36.0 Å². The Morgan fingerprint density at radius 1 is 1.30 bits per heavy atom. The van der Waals surface area contributed by atoms with Gasteiger partial charge >= 0.3 is 6.09 Å². The van der Waals surface area contributed by atoms with Crippen LogP contribution in [0.25, 0.3) is 10.9 Å². The zero-order valence-electron chi connectivity index (χ0n) is 14.8. The molecule has 1 fully saturated rings. The maximum Gasteiger partial charge on any atom is 0.407 e. The summed E-state index contributed by atoms with van der Waals surface area (Å²) in [6.07, 6.45) is -0.972. The lowest BCUT2D eigenvalue weighted by Gasteiger charge is -2.52. The number of aromatic nitrogens is 1. The van der Waals surface area contributed by atoms with Crippen LogP contribution >= 0.6 is 0 Å². The highest BCUT2D eigenvalue weighted by Crippen LogP contribution is 2.50. The Kier molecular flexibility index (Phi) is 3.32. The monoisotopic (exact) mass is 366 g/mol. The van der Waals surface area contributed by atoms with E-state index in [1.165, 1.54) is 4.90 Å². The molecule has 2 aromatic rings. The molecule has 3 aliphatic rings. The SMILES string of the molecule is CC1CN2c3c4c(nc5ccccc35)OCCN4C(=C=O)C2CN1C(=O)O. The van der Waals surface area contributed by atoms with Gasteiger partial charge in [0.05, 0.1) is 30.3 Å². The molecule has 138 valence electrons. The van der Waals surface area contributed by atoms with Crippen LogP contribution in [0.1, 0.15) is 6.92 Å². The van der Waals surface area contributed by atoms with Crippen molar-refractivity contribution in [3.63, 3.8) is 0 Å². The highest BCUT2D eigenvalue weighted by atomic mass is 16.5. The maximum atomic E-state index is 11.9. The number of anilines is 2. The number of pyridine rings is 1. The lowest BCUT2D eigenvalue weighted by atomic mass is 9.96. The molecule has 8 nitrogen and oxygen atoms in total. The first kappa shape index (κ1) is 16.0. The number of hydrogen-bond acceptors (Lipinski definition) is 6. The molecule has 1 aromatic heterocycles. The standard InChI is InChI=1S/C19H18N4O4/c1-11-8-23-14(9-22(11)19(25)26)15(10-24)21-6-7-27-18-17(21)16(23)12-4-2-3-5-13(12)20-18/h2-5,11,14H,6-9H2,1H3,(H,25,26). The number of piperazine rings is 1. The summed E-state index contributed by atoms with van der Waals surface area (Å²) in [6.45, 7) is 3.51. The molecule has 0 bridgehead atoms. The molecule has 1 aromatic carbocycles. The first-order valence-corrected chi connectivity index (χ1v) is 8.94. The van der Waals surface area contributed by atoms with Crippen LogP contribution in [-0.2, 0) is 4.79 Å². The summed E-state index contributed by atoms with van der Waals surface area (Å²) in [5, 5.41) is 10.5. The first-order valence-electron chi connectivity index (χ1n) is 8.94. The van der Waals surface area contributed by atoms with Crippen molar-refractivity contribution in [1.29, 1.82) is 0 Å². The zero-order chi connectivity index (χ0) is 18.7. The molecule has 0 spiro atoms. The van der Waals surface area contributed by atoms with E-state index in [4.69, 9.17) is 4.74 Å². The number of hydrogen-bond donors (Lipinski definition) is 1. The average Bonchev–Trinajstić information content (AvgIpc) is 2.67. The lowest BCUT2D eigenvalue weighted by Crippen LogP contribution is -2.63. The predicted octanol–water partition coefficient (Wildman–Crippen LogP) is 1.72. The van der Waals surface area contributed by atoms with Gasteiger partial charge in [0.25, 0.3) is 0 Å². The smallest absolute Gasteiger partial charge is 0.407 e. The van der Waals surface area contributed by atoms with Crippen LogP contribution in [0.2, 0.25) is 0 Å². The van der Waals surface area contributed by atoms with E-state index >= 15 is 0 Å². The Bertz CT molecular complexity index is 1020. The van der Waals surface area contributed by atoms with Crippen LogP contribution in [0.5, 0.6) is 5.88 Å². The number of benzene rings is 1. The summed E-state index contributed by atoms with van der Waals surface area (Å²) in [5.41, 5.74) is 3.00. The number of nitrogens with zero attached hydrogens (tertiary/aromatic N) is 4. The van der Waals surface area contributed by atoms with Gasteiger partial charge < -0.3 is 24.5 Å². The molecule has 8 heteroatoms. The normalized spacial score (nSPS) is 23.4. The third-order valence-electron chi connectivity index (χ3n) is 5.61. The van der Waals surface area contributed by atoms with Gasteiger partial charge in [-0.3, -0.25) is 0 Å². The van der Waals surface area contributed by atoms with Crippen LogP contribution < -0.4 is 14.5 Å². The quantitative estimate of drug-likeness (QED) is 0.711. The van der Waals surface area contributed by atoms with E-state index in [2.05, 4.69) is 15.8 Å². The third kappa shape index (κ3) is 2.13. The van der Waals surface area contributed by atoms with Crippen molar-refractivity contribution in [3.8, 4) is 5.88 Å². The molecule has 1 saturated heterocycles. The van der Waals surface area contributed by atoms with Crippen LogP contribution in [0.4, 0.5) is 16.2 Å². The van der Waals surface area contributed by atoms with E-state index in [0.29, 0.717) is 31.3 Å². The van der Waals surface area contributed by atoms with Gasteiger partial charge in [0.15, 0.2) is 0 Å². The summed E-state index contributed by atoms with van der Waals surface area (Å²) < 4.78 is 5.81. The van der Waals surface area contributed by atoms with Crippen molar-refractivity contribution in [3.05, 3.63) is 30.0 Å². The second-order valence-electron chi connectivity index (χ2n) is 7.07. The van der Waals surface area contributed by atoms with E-state index in [1.54, 1.807) is 0 Å². The Labute approximate surface area is 155 Å². The molecule has 5 rings (SSSR count). The van der Waals surface area contributed by atoms with Crippen LogP contribution in [0.15, 0.2) is 30.0 Å². The summed E-state index contributed by atoms with van der Waals surface area (Å²) in [7, 11) is 0. The van der Waals surface area contributed by atoms with Crippen LogP contribution in [0.3, 0.4) is 0 Å².